The lowest BCUT2D eigenvalue weighted by atomic mass is 10.2. The number of anilines is 5. The van der Waals surface area contributed by atoms with Crippen molar-refractivity contribution >= 4 is 50.5 Å². The summed E-state index contributed by atoms with van der Waals surface area (Å²) in [4.78, 5) is 8.35. The monoisotopic (exact) mass is 475 g/mol. The smallest absolute Gasteiger partial charge is 0.229 e. The number of hydrogen-bond acceptors (Lipinski definition) is 9. The van der Waals surface area contributed by atoms with E-state index in [0.717, 1.165) is 6.26 Å². The Labute approximate surface area is 186 Å². The molecular formula is C18H15ClFN9O2S. The minimum Gasteiger partial charge on any atom is -0.337 e. The van der Waals surface area contributed by atoms with Crippen molar-refractivity contribution in [3.05, 3.63) is 65.8 Å². The van der Waals surface area contributed by atoms with Gasteiger partial charge >= 0.3 is 0 Å². The van der Waals surface area contributed by atoms with Crippen LogP contribution in [-0.4, -0.2) is 44.8 Å². The summed E-state index contributed by atoms with van der Waals surface area (Å²) in [5, 5.41) is 16.8. The van der Waals surface area contributed by atoms with Gasteiger partial charge in [-0.25, -0.2) is 22.5 Å². The molecule has 32 heavy (non-hydrogen) atoms. The second-order valence-corrected chi connectivity index (χ2v) is 8.63. The number of nitrogens with zero attached hydrogens (tertiary/aromatic N) is 6. The van der Waals surface area contributed by atoms with Crippen LogP contribution in [0, 0.1) is 5.82 Å². The molecule has 0 saturated carbocycles. The quantitative estimate of drug-likeness (QED) is 0.367. The maximum absolute atomic E-state index is 14.3. The van der Waals surface area contributed by atoms with Crippen LogP contribution in [0.2, 0.25) is 5.02 Å². The maximum atomic E-state index is 14.3. The topological polar surface area (TPSA) is 140 Å². The molecule has 0 aliphatic carbocycles. The van der Waals surface area contributed by atoms with Crippen molar-refractivity contribution in [1.82, 2.24) is 30.2 Å². The highest BCUT2D eigenvalue weighted by Gasteiger charge is 2.13. The lowest BCUT2D eigenvalue weighted by Gasteiger charge is -2.14. The van der Waals surface area contributed by atoms with Crippen LogP contribution < -0.4 is 15.4 Å². The van der Waals surface area contributed by atoms with Gasteiger partial charge in [-0.05, 0) is 40.8 Å². The van der Waals surface area contributed by atoms with Gasteiger partial charge < -0.3 is 10.6 Å². The third kappa shape index (κ3) is 5.07. The van der Waals surface area contributed by atoms with E-state index in [1.807, 2.05) is 0 Å². The summed E-state index contributed by atoms with van der Waals surface area (Å²) in [5.74, 6) is -0.306. The summed E-state index contributed by atoms with van der Waals surface area (Å²) >= 11 is 6.21. The van der Waals surface area contributed by atoms with Crippen molar-refractivity contribution < 1.29 is 12.8 Å². The van der Waals surface area contributed by atoms with Crippen molar-refractivity contribution in [3.8, 4) is 5.69 Å². The molecule has 14 heteroatoms. The number of sulfonamides is 1. The van der Waals surface area contributed by atoms with Crippen molar-refractivity contribution in [3.63, 3.8) is 0 Å². The molecule has 11 nitrogen and oxygen atoms in total. The summed E-state index contributed by atoms with van der Waals surface area (Å²) in [6, 6.07) is 10.9. The molecule has 0 saturated heterocycles. The first-order chi connectivity index (χ1) is 15.3. The molecule has 0 fully saturated rings. The van der Waals surface area contributed by atoms with E-state index in [-0.39, 0.29) is 22.5 Å². The molecule has 2 aromatic carbocycles. The van der Waals surface area contributed by atoms with Crippen LogP contribution in [0.15, 0.2) is 55.0 Å². The lowest BCUT2D eigenvalue weighted by molar-refractivity contribution is 0.607. The highest BCUT2D eigenvalue weighted by atomic mass is 35.5. The van der Waals surface area contributed by atoms with Crippen molar-refractivity contribution in [2.45, 2.75) is 0 Å². The molecule has 0 atom stereocenters. The Hall–Kier alpha value is -3.84. The second-order valence-electron chi connectivity index (χ2n) is 6.48. The molecule has 164 valence electrons. The van der Waals surface area contributed by atoms with Gasteiger partial charge in [0.05, 0.1) is 35.2 Å². The molecule has 3 N–H and O–H groups in total. The summed E-state index contributed by atoms with van der Waals surface area (Å²) < 4.78 is 41.4. The Morgan fingerprint density at radius 3 is 2.56 bits per heavy atom. The largest absolute Gasteiger partial charge is 0.337 e. The van der Waals surface area contributed by atoms with Gasteiger partial charge in [0, 0.05) is 0 Å². The third-order valence-electron chi connectivity index (χ3n) is 4.03. The zero-order valence-corrected chi connectivity index (χ0v) is 17.9. The maximum Gasteiger partial charge on any atom is 0.229 e. The molecule has 4 rings (SSSR count). The molecule has 0 unspecified atom stereocenters. The minimum absolute atomic E-state index is 0.0539. The van der Waals surface area contributed by atoms with Crippen molar-refractivity contribution in [2.24, 2.45) is 0 Å². The Bertz CT molecular complexity index is 1370. The Morgan fingerprint density at radius 1 is 1.06 bits per heavy atom. The van der Waals surface area contributed by atoms with Crippen LogP contribution in [0.4, 0.5) is 33.2 Å². The number of benzene rings is 2. The number of nitrogens with one attached hydrogen (secondary N) is 3. The zero-order chi connectivity index (χ0) is 22.7. The molecular weight excluding hydrogens is 461 g/mol. The van der Waals surface area contributed by atoms with Crippen LogP contribution >= 0.6 is 11.6 Å². The van der Waals surface area contributed by atoms with Gasteiger partial charge in [-0.2, -0.15) is 4.98 Å². The summed E-state index contributed by atoms with van der Waals surface area (Å²) in [6.45, 7) is 0. The number of rotatable bonds is 7. The lowest BCUT2D eigenvalue weighted by Crippen LogP contribution is -2.11. The molecule has 2 heterocycles. The Kier molecular flexibility index (Phi) is 5.83. The number of hydrogen-bond donors (Lipinski definition) is 3. The average Bonchev–Trinajstić information content (AvgIpc) is 3.27. The van der Waals surface area contributed by atoms with E-state index in [1.54, 1.807) is 24.3 Å². The van der Waals surface area contributed by atoms with Gasteiger partial charge in [-0.1, -0.05) is 23.7 Å². The van der Waals surface area contributed by atoms with E-state index in [0.29, 0.717) is 17.1 Å². The van der Waals surface area contributed by atoms with Crippen LogP contribution in [0.5, 0.6) is 0 Å². The summed E-state index contributed by atoms with van der Waals surface area (Å²) in [5.41, 5.74) is 1.33. The molecule has 0 aliphatic rings. The predicted octanol–water partition coefficient (Wildman–Crippen LogP) is 3.10. The fourth-order valence-corrected chi connectivity index (χ4v) is 3.39. The van der Waals surface area contributed by atoms with Gasteiger partial charge in [0.2, 0.25) is 16.0 Å². The fraction of sp³-hybridized carbons (Fsp3) is 0.0556. The molecule has 4 aromatic rings. The van der Waals surface area contributed by atoms with E-state index >= 15 is 0 Å². The van der Waals surface area contributed by atoms with E-state index in [4.69, 9.17) is 11.6 Å². The Morgan fingerprint density at radius 2 is 1.84 bits per heavy atom. The van der Waals surface area contributed by atoms with Crippen LogP contribution in [0.25, 0.3) is 5.69 Å². The number of tetrazole rings is 1. The van der Waals surface area contributed by atoms with E-state index in [9.17, 15) is 12.8 Å². The zero-order valence-electron chi connectivity index (χ0n) is 16.4. The van der Waals surface area contributed by atoms with Crippen LogP contribution in [0.1, 0.15) is 0 Å². The van der Waals surface area contributed by atoms with Crippen LogP contribution in [-0.2, 0) is 10.0 Å². The highest BCUT2D eigenvalue weighted by molar-refractivity contribution is 7.92. The van der Waals surface area contributed by atoms with E-state index < -0.39 is 15.8 Å². The fourth-order valence-electron chi connectivity index (χ4n) is 2.68. The Balaban J connectivity index is 1.62. The molecule has 0 bridgehead atoms. The first kappa shape index (κ1) is 21.4. The minimum atomic E-state index is -3.50. The SMILES string of the molecule is CS(=O)(=O)Nc1ccccc1Nc1nc(Nc2cc(-n3cnnn3)ccc2F)ncc1Cl. The predicted molar refractivity (Wildman–Crippen MR) is 118 cm³/mol. The van der Waals surface area contributed by atoms with E-state index in [2.05, 4.69) is 40.8 Å². The highest BCUT2D eigenvalue weighted by Crippen LogP contribution is 2.30. The first-order valence-corrected chi connectivity index (χ1v) is 11.2. The van der Waals surface area contributed by atoms with Crippen molar-refractivity contribution in [1.29, 1.82) is 0 Å². The van der Waals surface area contributed by atoms with Crippen LogP contribution in [0.3, 0.4) is 0 Å². The number of halogens is 2. The van der Waals surface area contributed by atoms with Gasteiger partial charge in [0.15, 0.2) is 5.82 Å². The van der Waals surface area contributed by atoms with Gasteiger partial charge in [0.25, 0.3) is 0 Å². The second kappa shape index (κ2) is 8.72. The molecule has 0 spiro atoms. The molecule has 0 aliphatic heterocycles. The summed E-state index contributed by atoms with van der Waals surface area (Å²) in [6.07, 6.45) is 3.75. The van der Waals surface area contributed by atoms with Gasteiger partial charge in [-0.3, -0.25) is 4.72 Å². The summed E-state index contributed by atoms with van der Waals surface area (Å²) in [7, 11) is -3.50. The first-order valence-electron chi connectivity index (χ1n) is 8.95. The normalized spacial score (nSPS) is 11.2. The van der Waals surface area contributed by atoms with Gasteiger partial charge in [0.1, 0.15) is 17.2 Å². The number of para-hydroxylation sites is 2. The standard InChI is InChI=1S/C18H15ClFN9O2S/c1-32(30,31)26-15-5-3-2-4-14(15)23-17-12(19)9-21-18(25-17)24-16-8-11(6-7-13(16)20)29-10-22-27-28-29/h2-10,26H,1H3,(H2,21,23,24,25). The van der Waals surface area contributed by atoms with E-state index in [1.165, 1.54) is 35.4 Å². The van der Waals surface area contributed by atoms with Crippen molar-refractivity contribution in [2.75, 3.05) is 21.6 Å². The molecule has 0 radical (unpaired) electrons. The average molecular weight is 476 g/mol. The third-order valence-corrected chi connectivity index (χ3v) is 4.90. The van der Waals surface area contributed by atoms with Gasteiger partial charge in [-0.15, -0.1) is 5.10 Å². The number of aromatic nitrogens is 6. The molecule has 2 aromatic heterocycles. The molecule has 0 amide bonds.